The third-order valence-electron chi connectivity index (χ3n) is 11.0. The summed E-state index contributed by atoms with van der Waals surface area (Å²) in [5.74, 6) is 2.04. The first-order chi connectivity index (χ1) is 28.3. The molecule has 0 radical (unpaired) electrons. The quantitative estimate of drug-likeness (QED) is 0.164. The molecule has 0 bridgehead atoms. The molecule has 3 heterocycles. The van der Waals surface area contributed by atoms with Gasteiger partial charge < -0.3 is 9.13 Å². The second-order valence-electron chi connectivity index (χ2n) is 14.4. The Morgan fingerprint density at radius 2 is 0.877 bits per heavy atom. The van der Waals surface area contributed by atoms with Crippen molar-refractivity contribution in [3.8, 4) is 45.3 Å². The van der Waals surface area contributed by atoms with E-state index in [9.17, 15) is 0 Å². The number of rotatable bonds is 7. The minimum atomic E-state index is 0.510. The van der Waals surface area contributed by atoms with Crippen molar-refractivity contribution < 1.29 is 0 Å². The molecule has 0 unspecified atom stereocenters. The van der Waals surface area contributed by atoms with Crippen molar-refractivity contribution in [1.29, 1.82) is 0 Å². The molecular formula is C52H35N5. The molecule has 57 heavy (non-hydrogen) atoms. The third-order valence-corrected chi connectivity index (χ3v) is 11.0. The number of hydrogen-bond acceptors (Lipinski definition) is 3. The number of hydrogen-bond donors (Lipinski definition) is 0. The van der Waals surface area contributed by atoms with Crippen LogP contribution in [0.1, 0.15) is 11.4 Å². The fraction of sp³-hybridized carbons (Fsp3) is 0.0192. The summed E-state index contributed by atoms with van der Waals surface area (Å²) in [6, 6.07) is 70.8. The van der Waals surface area contributed by atoms with Gasteiger partial charge in [0, 0.05) is 44.8 Å². The Morgan fingerprint density at radius 1 is 0.368 bits per heavy atom. The molecule has 0 atom stereocenters. The first-order valence-corrected chi connectivity index (χ1v) is 19.3. The summed E-state index contributed by atoms with van der Waals surface area (Å²) in [5.41, 5.74) is 12.3. The van der Waals surface area contributed by atoms with E-state index in [4.69, 9.17) is 15.0 Å². The summed E-state index contributed by atoms with van der Waals surface area (Å²) >= 11 is 0. The number of aromatic nitrogens is 5. The fourth-order valence-corrected chi connectivity index (χ4v) is 8.49. The van der Waals surface area contributed by atoms with Gasteiger partial charge >= 0.3 is 0 Å². The highest BCUT2D eigenvalue weighted by molar-refractivity contribution is 6.16. The SMILES string of the molecule is c1ccc(-c2nc(Cc3ccc(-c4cccc5c4c4ccccc4n5-c4ccccc4)cc3-n3c4ccccc4c4ccccc43)nc(-c3ccccc3)n2)cc1. The summed E-state index contributed by atoms with van der Waals surface area (Å²) in [5, 5.41) is 4.89. The lowest BCUT2D eigenvalue weighted by molar-refractivity contribution is 0.925. The van der Waals surface area contributed by atoms with E-state index in [-0.39, 0.29) is 0 Å². The highest BCUT2D eigenvalue weighted by atomic mass is 15.0. The van der Waals surface area contributed by atoms with E-state index < -0.39 is 0 Å². The van der Waals surface area contributed by atoms with Crippen molar-refractivity contribution in [2.75, 3.05) is 0 Å². The van der Waals surface area contributed by atoms with E-state index >= 15 is 0 Å². The molecule has 0 saturated heterocycles. The molecule has 8 aromatic carbocycles. The van der Waals surface area contributed by atoms with Crippen molar-refractivity contribution in [1.82, 2.24) is 24.1 Å². The van der Waals surface area contributed by atoms with Gasteiger partial charge in [0.05, 0.1) is 27.8 Å². The van der Waals surface area contributed by atoms with Crippen molar-refractivity contribution in [2.24, 2.45) is 0 Å². The van der Waals surface area contributed by atoms with Crippen LogP contribution in [0.5, 0.6) is 0 Å². The van der Waals surface area contributed by atoms with Gasteiger partial charge in [-0.25, -0.2) is 15.0 Å². The van der Waals surface area contributed by atoms with E-state index in [1.807, 2.05) is 36.4 Å². The fourth-order valence-electron chi connectivity index (χ4n) is 8.49. The van der Waals surface area contributed by atoms with Crippen LogP contribution in [0.25, 0.3) is 88.9 Å². The van der Waals surface area contributed by atoms with Crippen LogP contribution in [0, 0.1) is 0 Å². The van der Waals surface area contributed by atoms with E-state index in [0.717, 1.165) is 44.7 Å². The Balaban J connectivity index is 1.16. The highest BCUT2D eigenvalue weighted by Gasteiger charge is 2.20. The number of benzene rings is 8. The molecule has 0 aliphatic heterocycles. The van der Waals surface area contributed by atoms with Gasteiger partial charge in [-0.1, -0.05) is 158 Å². The van der Waals surface area contributed by atoms with E-state index in [1.54, 1.807) is 0 Å². The maximum atomic E-state index is 5.12. The standard InChI is InChI=1S/C52H35N5/c1-4-17-35(18-5-1)51-53-49(54-52(55-51)36-19-6-2-7-20-36)34-38-32-31-37(33-48(38)57-44-27-13-10-23-41(44)42-24-11-14-28-45(42)57)40-26-16-30-47-50(40)43-25-12-15-29-46(43)56(47)39-21-8-3-9-22-39/h1-33H,34H2. The van der Waals surface area contributed by atoms with Gasteiger partial charge in [0.15, 0.2) is 11.6 Å². The molecule has 0 aliphatic rings. The summed E-state index contributed by atoms with van der Waals surface area (Å²) in [6.45, 7) is 0. The maximum Gasteiger partial charge on any atom is 0.163 e. The van der Waals surface area contributed by atoms with Crippen LogP contribution >= 0.6 is 0 Å². The Hall–Kier alpha value is -7.63. The zero-order valence-corrected chi connectivity index (χ0v) is 31.0. The van der Waals surface area contributed by atoms with Crippen LogP contribution in [-0.4, -0.2) is 24.1 Å². The average Bonchev–Trinajstić information content (AvgIpc) is 3.81. The van der Waals surface area contributed by atoms with Gasteiger partial charge in [0.25, 0.3) is 0 Å². The molecule has 0 N–H and O–H groups in total. The monoisotopic (exact) mass is 729 g/mol. The normalized spacial score (nSPS) is 11.6. The molecule has 11 rings (SSSR count). The largest absolute Gasteiger partial charge is 0.309 e. The van der Waals surface area contributed by atoms with Crippen LogP contribution < -0.4 is 0 Å². The van der Waals surface area contributed by atoms with E-state index in [0.29, 0.717) is 23.9 Å². The predicted octanol–water partition coefficient (Wildman–Crippen LogP) is 12.7. The lowest BCUT2D eigenvalue weighted by Crippen LogP contribution is -2.07. The Morgan fingerprint density at radius 3 is 1.49 bits per heavy atom. The van der Waals surface area contributed by atoms with Gasteiger partial charge in [-0.2, -0.15) is 0 Å². The van der Waals surface area contributed by atoms with Crippen molar-refractivity contribution >= 4 is 43.6 Å². The molecule has 0 amide bonds. The second-order valence-corrected chi connectivity index (χ2v) is 14.4. The molecule has 0 saturated carbocycles. The molecule has 5 heteroatoms. The molecule has 268 valence electrons. The highest BCUT2D eigenvalue weighted by Crippen LogP contribution is 2.41. The number of fused-ring (bicyclic) bond motifs is 6. The molecule has 0 aliphatic carbocycles. The smallest absolute Gasteiger partial charge is 0.163 e. The topological polar surface area (TPSA) is 48.5 Å². The summed E-state index contributed by atoms with van der Waals surface area (Å²) in [7, 11) is 0. The number of para-hydroxylation sites is 4. The maximum absolute atomic E-state index is 5.12. The van der Waals surface area contributed by atoms with Gasteiger partial charge in [0.2, 0.25) is 0 Å². The van der Waals surface area contributed by atoms with Crippen LogP contribution in [0.4, 0.5) is 0 Å². The minimum absolute atomic E-state index is 0.510. The lowest BCUT2D eigenvalue weighted by atomic mass is 9.96. The molecule has 5 nitrogen and oxygen atoms in total. The summed E-state index contributed by atoms with van der Waals surface area (Å²) in [6.07, 6.45) is 0.510. The summed E-state index contributed by atoms with van der Waals surface area (Å²) < 4.78 is 4.81. The Kier molecular flexibility index (Phi) is 7.81. The Labute approximate surface area is 329 Å². The van der Waals surface area contributed by atoms with Gasteiger partial charge in [-0.3, -0.25) is 0 Å². The lowest BCUT2D eigenvalue weighted by Gasteiger charge is -2.17. The van der Waals surface area contributed by atoms with Crippen LogP contribution in [0.15, 0.2) is 200 Å². The first-order valence-electron chi connectivity index (χ1n) is 19.3. The van der Waals surface area contributed by atoms with Gasteiger partial charge in [-0.05, 0) is 59.2 Å². The van der Waals surface area contributed by atoms with Crippen molar-refractivity contribution in [3.05, 3.63) is 212 Å². The van der Waals surface area contributed by atoms with Crippen LogP contribution in [-0.2, 0) is 6.42 Å². The van der Waals surface area contributed by atoms with Gasteiger partial charge in [0.1, 0.15) is 5.82 Å². The Bertz CT molecular complexity index is 3140. The van der Waals surface area contributed by atoms with Gasteiger partial charge in [-0.15, -0.1) is 0 Å². The third kappa shape index (κ3) is 5.59. The second kappa shape index (κ2) is 13.6. The predicted molar refractivity (Wildman–Crippen MR) is 234 cm³/mol. The molecule has 0 spiro atoms. The molecule has 3 aromatic heterocycles. The first kappa shape index (κ1) is 32.8. The van der Waals surface area contributed by atoms with Crippen molar-refractivity contribution in [2.45, 2.75) is 6.42 Å². The molecule has 0 fully saturated rings. The van der Waals surface area contributed by atoms with E-state index in [1.165, 1.54) is 38.1 Å². The molecule has 11 aromatic rings. The van der Waals surface area contributed by atoms with Crippen LogP contribution in [0.3, 0.4) is 0 Å². The van der Waals surface area contributed by atoms with Crippen LogP contribution in [0.2, 0.25) is 0 Å². The molecular weight excluding hydrogens is 695 g/mol. The zero-order valence-electron chi connectivity index (χ0n) is 31.0. The minimum Gasteiger partial charge on any atom is -0.309 e. The zero-order chi connectivity index (χ0) is 37.7. The average molecular weight is 730 g/mol. The van der Waals surface area contributed by atoms with E-state index in [2.05, 4.69) is 173 Å². The summed E-state index contributed by atoms with van der Waals surface area (Å²) in [4.78, 5) is 15.2. The number of nitrogens with zero attached hydrogens (tertiary/aromatic N) is 5. The van der Waals surface area contributed by atoms with Crippen molar-refractivity contribution in [3.63, 3.8) is 0 Å².